The number of carbonyl (C=O) groups is 1. The summed E-state index contributed by atoms with van der Waals surface area (Å²) in [5.41, 5.74) is 1.44. The number of hydrogen-bond donors (Lipinski definition) is 1. The van der Waals surface area contributed by atoms with Crippen LogP contribution in [0.5, 0.6) is 23.0 Å². The summed E-state index contributed by atoms with van der Waals surface area (Å²) in [4.78, 5) is 12.4. The maximum absolute atomic E-state index is 12.4. The summed E-state index contributed by atoms with van der Waals surface area (Å²) in [6.45, 7) is 2.09. The molecule has 0 aliphatic carbocycles. The third-order valence-corrected chi connectivity index (χ3v) is 3.89. The summed E-state index contributed by atoms with van der Waals surface area (Å²) in [5, 5.41) is 2.96. The molecule has 1 amide bonds. The monoisotopic (exact) mass is 329 g/mol. The highest BCUT2D eigenvalue weighted by Crippen LogP contribution is 2.33. The molecule has 1 heterocycles. The minimum Gasteiger partial charge on any atom is -0.493 e. The molecule has 24 heavy (non-hydrogen) atoms. The van der Waals surface area contributed by atoms with Gasteiger partial charge in [0, 0.05) is 5.56 Å². The van der Waals surface area contributed by atoms with Crippen LogP contribution in [0.3, 0.4) is 0 Å². The van der Waals surface area contributed by atoms with Crippen molar-refractivity contribution < 1.29 is 23.7 Å². The van der Waals surface area contributed by atoms with Gasteiger partial charge < -0.3 is 24.3 Å². The van der Waals surface area contributed by atoms with Crippen LogP contribution in [-0.4, -0.2) is 26.9 Å². The molecule has 6 heteroatoms. The lowest BCUT2D eigenvalue weighted by Crippen LogP contribution is -2.26. The number of ether oxygens (including phenoxy) is 4. The third-order valence-electron chi connectivity index (χ3n) is 3.89. The molecule has 0 bridgehead atoms. The minimum atomic E-state index is -0.192. The molecule has 2 aromatic rings. The Morgan fingerprint density at radius 1 is 1.04 bits per heavy atom. The molecule has 0 saturated carbocycles. The summed E-state index contributed by atoms with van der Waals surface area (Å²) in [6, 6.07) is 10.5. The second-order valence-corrected chi connectivity index (χ2v) is 5.38. The average Bonchev–Trinajstić information content (AvgIpc) is 3.08. The molecule has 0 radical (unpaired) electrons. The Bertz CT molecular complexity index is 759. The first-order valence-corrected chi connectivity index (χ1v) is 7.55. The Morgan fingerprint density at radius 2 is 1.79 bits per heavy atom. The maximum atomic E-state index is 12.4. The largest absolute Gasteiger partial charge is 0.493 e. The molecule has 0 unspecified atom stereocenters. The fourth-order valence-electron chi connectivity index (χ4n) is 2.52. The Kier molecular flexibility index (Phi) is 4.46. The van der Waals surface area contributed by atoms with Gasteiger partial charge in [0.25, 0.3) is 5.91 Å². The normalized spacial score (nSPS) is 13.3. The lowest BCUT2D eigenvalue weighted by atomic mass is 10.1. The zero-order valence-electron chi connectivity index (χ0n) is 13.8. The van der Waals surface area contributed by atoms with Crippen molar-refractivity contribution in [3.05, 3.63) is 47.5 Å². The highest BCUT2D eigenvalue weighted by Gasteiger charge is 2.18. The average molecular weight is 329 g/mol. The predicted molar refractivity (Wildman–Crippen MR) is 88.0 cm³/mol. The van der Waals surface area contributed by atoms with E-state index in [2.05, 4.69) is 5.32 Å². The van der Waals surface area contributed by atoms with Gasteiger partial charge in [0.15, 0.2) is 23.0 Å². The van der Waals surface area contributed by atoms with Crippen LogP contribution in [0.25, 0.3) is 0 Å². The maximum Gasteiger partial charge on any atom is 0.251 e. The molecule has 0 spiro atoms. The van der Waals surface area contributed by atoms with Gasteiger partial charge in [-0.3, -0.25) is 4.79 Å². The van der Waals surface area contributed by atoms with Crippen molar-refractivity contribution in [2.75, 3.05) is 21.0 Å². The molecule has 1 aliphatic rings. The van der Waals surface area contributed by atoms with Crippen LogP contribution < -0.4 is 24.3 Å². The Balaban J connectivity index is 1.74. The van der Waals surface area contributed by atoms with E-state index in [1.165, 1.54) is 0 Å². The van der Waals surface area contributed by atoms with Gasteiger partial charge in [0.2, 0.25) is 6.79 Å². The van der Waals surface area contributed by atoms with E-state index in [1.807, 2.05) is 25.1 Å². The van der Waals surface area contributed by atoms with E-state index in [0.717, 1.165) is 5.56 Å². The summed E-state index contributed by atoms with van der Waals surface area (Å²) in [6.07, 6.45) is 0. The lowest BCUT2D eigenvalue weighted by molar-refractivity contribution is 0.0939. The van der Waals surface area contributed by atoms with Gasteiger partial charge in [-0.1, -0.05) is 6.07 Å². The van der Waals surface area contributed by atoms with Crippen molar-refractivity contribution in [1.82, 2.24) is 5.32 Å². The van der Waals surface area contributed by atoms with Crippen molar-refractivity contribution in [1.29, 1.82) is 0 Å². The van der Waals surface area contributed by atoms with Crippen molar-refractivity contribution in [3.8, 4) is 23.0 Å². The number of rotatable bonds is 5. The van der Waals surface area contributed by atoms with Crippen LogP contribution in [0.1, 0.15) is 28.9 Å². The van der Waals surface area contributed by atoms with E-state index in [0.29, 0.717) is 28.6 Å². The van der Waals surface area contributed by atoms with Crippen LogP contribution >= 0.6 is 0 Å². The van der Waals surface area contributed by atoms with Crippen molar-refractivity contribution in [3.63, 3.8) is 0 Å². The van der Waals surface area contributed by atoms with Gasteiger partial charge in [0.05, 0.1) is 20.3 Å². The second kappa shape index (κ2) is 6.70. The summed E-state index contributed by atoms with van der Waals surface area (Å²) >= 11 is 0. The molecule has 1 aliphatic heterocycles. The highest BCUT2D eigenvalue weighted by molar-refractivity contribution is 5.95. The van der Waals surface area contributed by atoms with Crippen molar-refractivity contribution >= 4 is 5.91 Å². The van der Waals surface area contributed by atoms with Gasteiger partial charge >= 0.3 is 0 Å². The molecular weight excluding hydrogens is 310 g/mol. The molecule has 1 N–H and O–H groups in total. The van der Waals surface area contributed by atoms with E-state index in [-0.39, 0.29) is 18.7 Å². The van der Waals surface area contributed by atoms with Gasteiger partial charge in [-0.15, -0.1) is 0 Å². The minimum absolute atomic E-state index is 0.183. The SMILES string of the molecule is COc1ccc([C@H](C)NC(=O)c2ccc3c(c2)OCO3)cc1OC. The fourth-order valence-corrected chi connectivity index (χ4v) is 2.52. The third kappa shape index (κ3) is 3.08. The molecule has 3 rings (SSSR count). The van der Waals surface area contributed by atoms with Crippen LogP contribution in [0.15, 0.2) is 36.4 Å². The molecule has 6 nitrogen and oxygen atoms in total. The first kappa shape index (κ1) is 16.0. The van der Waals surface area contributed by atoms with E-state index in [4.69, 9.17) is 18.9 Å². The Labute approximate surface area is 140 Å². The first-order chi connectivity index (χ1) is 11.6. The smallest absolute Gasteiger partial charge is 0.251 e. The molecule has 0 saturated heterocycles. The molecular formula is C18H19NO5. The topological polar surface area (TPSA) is 66.0 Å². The molecule has 0 fully saturated rings. The second-order valence-electron chi connectivity index (χ2n) is 5.38. The van der Waals surface area contributed by atoms with E-state index < -0.39 is 0 Å². The predicted octanol–water partition coefficient (Wildman–Crippen LogP) is 2.92. The number of fused-ring (bicyclic) bond motifs is 1. The van der Waals surface area contributed by atoms with Gasteiger partial charge in [-0.05, 0) is 42.8 Å². The van der Waals surface area contributed by atoms with Crippen molar-refractivity contribution in [2.45, 2.75) is 13.0 Å². The van der Waals surface area contributed by atoms with Gasteiger partial charge in [-0.25, -0.2) is 0 Å². The number of nitrogens with one attached hydrogen (secondary N) is 1. The number of methoxy groups -OCH3 is 2. The van der Waals surface area contributed by atoms with Crippen molar-refractivity contribution in [2.24, 2.45) is 0 Å². The summed E-state index contributed by atoms with van der Waals surface area (Å²) < 4.78 is 21.1. The number of carbonyl (C=O) groups excluding carboxylic acids is 1. The molecule has 0 aromatic heterocycles. The Hall–Kier alpha value is -2.89. The molecule has 1 atom stereocenters. The quantitative estimate of drug-likeness (QED) is 0.913. The number of amides is 1. The first-order valence-electron chi connectivity index (χ1n) is 7.55. The summed E-state index contributed by atoms with van der Waals surface area (Å²) in [5.74, 6) is 2.33. The van der Waals surface area contributed by atoms with Crippen LogP contribution in [0.2, 0.25) is 0 Å². The zero-order chi connectivity index (χ0) is 17.1. The van der Waals surface area contributed by atoms with E-state index in [1.54, 1.807) is 32.4 Å². The summed E-state index contributed by atoms with van der Waals surface area (Å²) in [7, 11) is 3.17. The van der Waals surface area contributed by atoms with E-state index in [9.17, 15) is 4.79 Å². The van der Waals surface area contributed by atoms with Crippen LogP contribution in [0.4, 0.5) is 0 Å². The van der Waals surface area contributed by atoms with Crippen LogP contribution in [0, 0.1) is 0 Å². The molecule has 2 aromatic carbocycles. The van der Waals surface area contributed by atoms with Crippen LogP contribution in [-0.2, 0) is 0 Å². The van der Waals surface area contributed by atoms with Gasteiger partial charge in [-0.2, -0.15) is 0 Å². The van der Waals surface area contributed by atoms with E-state index >= 15 is 0 Å². The fraction of sp³-hybridized carbons (Fsp3) is 0.278. The Morgan fingerprint density at radius 3 is 2.54 bits per heavy atom. The lowest BCUT2D eigenvalue weighted by Gasteiger charge is -2.16. The molecule has 126 valence electrons. The standard InChI is InChI=1S/C18H19NO5/c1-11(12-4-6-14(21-2)16(8-12)22-3)19-18(20)13-5-7-15-17(9-13)24-10-23-15/h4-9,11H,10H2,1-3H3,(H,19,20)/t11-/m0/s1. The number of hydrogen-bond acceptors (Lipinski definition) is 5. The number of benzene rings is 2. The highest BCUT2D eigenvalue weighted by atomic mass is 16.7. The van der Waals surface area contributed by atoms with Gasteiger partial charge in [0.1, 0.15) is 0 Å². The zero-order valence-corrected chi connectivity index (χ0v) is 13.8.